The summed E-state index contributed by atoms with van der Waals surface area (Å²) in [5, 5.41) is 0. The van der Waals surface area contributed by atoms with Crippen molar-refractivity contribution < 1.29 is 0 Å². The minimum atomic E-state index is 1.08. The third-order valence-corrected chi connectivity index (χ3v) is 5.94. The first-order valence-corrected chi connectivity index (χ1v) is 12.6. The van der Waals surface area contributed by atoms with Crippen molar-refractivity contribution in [1.82, 2.24) is 4.90 Å². The fraction of sp³-hybridized carbons (Fsp3) is 0.778. The normalized spacial score (nSPS) is 11.4. The van der Waals surface area contributed by atoms with Crippen molar-refractivity contribution in [2.75, 3.05) is 13.6 Å². The van der Waals surface area contributed by atoms with Crippen LogP contribution in [-0.4, -0.2) is 18.5 Å². The molecule has 1 heteroatoms. The topological polar surface area (TPSA) is 3.24 Å². The molecule has 0 N–H and O–H groups in total. The summed E-state index contributed by atoms with van der Waals surface area (Å²) in [5.41, 5.74) is 1.43. The van der Waals surface area contributed by atoms with Crippen LogP contribution < -0.4 is 0 Å². The van der Waals surface area contributed by atoms with Gasteiger partial charge in [-0.25, -0.2) is 0 Å². The van der Waals surface area contributed by atoms with Crippen molar-refractivity contribution in [3.8, 4) is 0 Å². The maximum absolute atomic E-state index is 2.46. The standard InChI is InChI=1S/C27H49N/c1-3-4-5-6-7-8-9-10-11-12-13-14-15-16-17-18-22-25-28(2)26-27-23-20-19-21-24-27/h19-21,23-24H,3-18,22,25-26H2,1-2H3. The van der Waals surface area contributed by atoms with Crippen LogP contribution in [0.5, 0.6) is 0 Å². The second-order valence-corrected chi connectivity index (χ2v) is 8.88. The van der Waals surface area contributed by atoms with Crippen LogP contribution in [0, 0.1) is 0 Å². The van der Waals surface area contributed by atoms with Gasteiger partial charge >= 0.3 is 0 Å². The lowest BCUT2D eigenvalue weighted by atomic mass is 10.0. The van der Waals surface area contributed by atoms with Gasteiger partial charge < -0.3 is 4.90 Å². The number of rotatable bonds is 20. The van der Waals surface area contributed by atoms with Crippen LogP contribution in [0.4, 0.5) is 0 Å². The Balaban J connectivity index is 1.74. The first kappa shape index (κ1) is 25.2. The fourth-order valence-electron chi connectivity index (χ4n) is 4.08. The molecule has 0 aromatic heterocycles. The molecule has 0 aliphatic heterocycles. The Morgan fingerprint density at radius 1 is 0.536 bits per heavy atom. The first-order valence-electron chi connectivity index (χ1n) is 12.6. The Labute approximate surface area is 177 Å². The van der Waals surface area contributed by atoms with Crippen molar-refractivity contribution in [2.45, 2.75) is 123 Å². The Morgan fingerprint density at radius 3 is 1.36 bits per heavy atom. The van der Waals surface area contributed by atoms with Crippen molar-refractivity contribution in [1.29, 1.82) is 0 Å². The first-order chi connectivity index (χ1) is 13.8. The molecular weight excluding hydrogens is 338 g/mol. The Hall–Kier alpha value is -0.820. The Kier molecular flexibility index (Phi) is 17.6. The van der Waals surface area contributed by atoms with Gasteiger partial charge in [-0.2, -0.15) is 0 Å². The predicted octanol–water partition coefficient (Wildman–Crippen LogP) is 8.77. The number of hydrogen-bond acceptors (Lipinski definition) is 1. The van der Waals surface area contributed by atoms with Gasteiger partial charge in [0, 0.05) is 6.54 Å². The molecule has 0 bridgehead atoms. The highest BCUT2D eigenvalue weighted by atomic mass is 15.1. The van der Waals surface area contributed by atoms with Gasteiger partial charge in [-0.1, -0.05) is 140 Å². The quantitative estimate of drug-likeness (QED) is 0.202. The molecule has 0 fully saturated rings. The van der Waals surface area contributed by atoms with Gasteiger partial charge in [-0.05, 0) is 25.6 Å². The highest BCUT2D eigenvalue weighted by molar-refractivity contribution is 5.14. The minimum absolute atomic E-state index is 1.08. The van der Waals surface area contributed by atoms with E-state index < -0.39 is 0 Å². The lowest BCUT2D eigenvalue weighted by molar-refractivity contribution is 0.316. The molecule has 0 heterocycles. The lowest BCUT2D eigenvalue weighted by Crippen LogP contribution is -2.18. The van der Waals surface area contributed by atoms with Crippen molar-refractivity contribution in [2.24, 2.45) is 0 Å². The van der Waals surface area contributed by atoms with Crippen LogP contribution in [0.3, 0.4) is 0 Å². The molecule has 0 aliphatic rings. The molecule has 1 rings (SSSR count). The van der Waals surface area contributed by atoms with Crippen molar-refractivity contribution in [3.63, 3.8) is 0 Å². The maximum Gasteiger partial charge on any atom is 0.0230 e. The fourth-order valence-corrected chi connectivity index (χ4v) is 4.08. The molecule has 0 saturated heterocycles. The third-order valence-electron chi connectivity index (χ3n) is 5.94. The highest BCUT2D eigenvalue weighted by Gasteiger charge is 2.00. The number of benzene rings is 1. The van der Waals surface area contributed by atoms with E-state index in [0.717, 1.165) is 6.54 Å². The van der Waals surface area contributed by atoms with Gasteiger partial charge in [0.2, 0.25) is 0 Å². The Bertz CT molecular complexity index is 414. The summed E-state index contributed by atoms with van der Waals surface area (Å²) in [6.07, 6.45) is 24.6. The molecule has 0 unspecified atom stereocenters. The van der Waals surface area contributed by atoms with Crippen LogP contribution in [0.25, 0.3) is 0 Å². The van der Waals surface area contributed by atoms with E-state index in [1.54, 1.807) is 0 Å². The summed E-state index contributed by atoms with van der Waals surface area (Å²) in [4.78, 5) is 2.46. The molecule has 28 heavy (non-hydrogen) atoms. The van der Waals surface area contributed by atoms with Crippen LogP contribution in [-0.2, 0) is 6.54 Å². The lowest BCUT2D eigenvalue weighted by Gasteiger charge is -2.16. The smallest absolute Gasteiger partial charge is 0.0230 e. The SMILES string of the molecule is CCCCCCCCCCCCCCCCCCCN(C)Cc1ccccc1. The Morgan fingerprint density at radius 2 is 0.929 bits per heavy atom. The number of unbranched alkanes of at least 4 members (excludes halogenated alkanes) is 16. The van der Waals surface area contributed by atoms with Crippen LogP contribution in [0.15, 0.2) is 30.3 Å². The molecular formula is C27H49N. The second-order valence-electron chi connectivity index (χ2n) is 8.88. The van der Waals surface area contributed by atoms with Gasteiger partial charge in [0.05, 0.1) is 0 Å². The summed E-state index contributed by atoms with van der Waals surface area (Å²) >= 11 is 0. The summed E-state index contributed by atoms with van der Waals surface area (Å²) in [6, 6.07) is 10.8. The summed E-state index contributed by atoms with van der Waals surface area (Å²) in [5.74, 6) is 0. The van der Waals surface area contributed by atoms with Crippen molar-refractivity contribution in [3.05, 3.63) is 35.9 Å². The third kappa shape index (κ3) is 16.2. The van der Waals surface area contributed by atoms with E-state index in [4.69, 9.17) is 0 Å². The largest absolute Gasteiger partial charge is 0.302 e. The summed E-state index contributed by atoms with van der Waals surface area (Å²) in [7, 11) is 2.25. The molecule has 1 aromatic rings. The predicted molar refractivity (Wildman–Crippen MR) is 127 cm³/mol. The monoisotopic (exact) mass is 387 g/mol. The van der Waals surface area contributed by atoms with Gasteiger partial charge in [0.25, 0.3) is 0 Å². The molecule has 0 aliphatic carbocycles. The zero-order valence-corrected chi connectivity index (χ0v) is 19.3. The van der Waals surface area contributed by atoms with E-state index in [2.05, 4.69) is 49.2 Å². The molecule has 0 amide bonds. The molecule has 162 valence electrons. The maximum atomic E-state index is 2.46. The zero-order chi connectivity index (χ0) is 20.1. The van der Waals surface area contributed by atoms with E-state index in [0.29, 0.717) is 0 Å². The number of hydrogen-bond donors (Lipinski definition) is 0. The summed E-state index contributed by atoms with van der Waals surface area (Å²) < 4.78 is 0. The van der Waals surface area contributed by atoms with Gasteiger partial charge in [-0.15, -0.1) is 0 Å². The minimum Gasteiger partial charge on any atom is -0.302 e. The van der Waals surface area contributed by atoms with Crippen molar-refractivity contribution >= 4 is 0 Å². The van der Waals surface area contributed by atoms with Crippen LogP contribution in [0.1, 0.15) is 122 Å². The molecule has 0 radical (unpaired) electrons. The molecule has 0 saturated carbocycles. The average Bonchev–Trinajstić information content (AvgIpc) is 2.71. The molecule has 0 spiro atoms. The molecule has 1 nitrogen and oxygen atoms in total. The van der Waals surface area contributed by atoms with E-state index in [-0.39, 0.29) is 0 Å². The van der Waals surface area contributed by atoms with E-state index in [9.17, 15) is 0 Å². The van der Waals surface area contributed by atoms with E-state index in [1.807, 2.05) is 0 Å². The average molecular weight is 388 g/mol. The number of nitrogens with zero attached hydrogens (tertiary/aromatic N) is 1. The summed E-state index contributed by atoms with van der Waals surface area (Å²) in [6.45, 7) is 4.61. The second kappa shape index (κ2) is 19.5. The van der Waals surface area contributed by atoms with Crippen LogP contribution >= 0.6 is 0 Å². The molecule has 0 atom stereocenters. The van der Waals surface area contributed by atoms with Gasteiger partial charge in [-0.3, -0.25) is 0 Å². The van der Waals surface area contributed by atoms with E-state index >= 15 is 0 Å². The van der Waals surface area contributed by atoms with Gasteiger partial charge in [0.15, 0.2) is 0 Å². The zero-order valence-electron chi connectivity index (χ0n) is 19.3. The molecule has 1 aromatic carbocycles. The van der Waals surface area contributed by atoms with Crippen LogP contribution in [0.2, 0.25) is 0 Å². The van der Waals surface area contributed by atoms with E-state index in [1.165, 1.54) is 121 Å². The highest BCUT2D eigenvalue weighted by Crippen LogP contribution is 2.14. The van der Waals surface area contributed by atoms with Gasteiger partial charge in [0.1, 0.15) is 0 Å².